The summed E-state index contributed by atoms with van der Waals surface area (Å²) in [7, 11) is 1.58. The summed E-state index contributed by atoms with van der Waals surface area (Å²) < 4.78 is 5.34. The van der Waals surface area contributed by atoms with E-state index >= 15 is 0 Å². The molecule has 198 valence electrons. The Morgan fingerprint density at radius 1 is 1.05 bits per heavy atom. The van der Waals surface area contributed by atoms with Crippen LogP contribution < -0.4 is 15.4 Å². The van der Waals surface area contributed by atoms with Crippen LogP contribution in [0.1, 0.15) is 49.7 Å². The molecule has 1 saturated carbocycles. The van der Waals surface area contributed by atoms with Crippen LogP contribution in [0.5, 0.6) is 5.75 Å². The molecular formula is C28H31N5O4S. The normalized spacial score (nSPS) is 18.7. The highest BCUT2D eigenvalue weighted by atomic mass is 32.2. The molecule has 9 nitrogen and oxygen atoms in total. The van der Waals surface area contributed by atoms with Crippen LogP contribution >= 0.6 is 11.8 Å². The number of rotatable bonds is 8. The first-order valence-corrected chi connectivity index (χ1v) is 13.9. The highest BCUT2D eigenvalue weighted by Crippen LogP contribution is 2.34. The van der Waals surface area contributed by atoms with Gasteiger partial charge >= 0.3 is 0 Å². The maximum Gasteiger partial charge on any atom is 0.259 e. The molecule has 2 aliphatic heterocycles. The van der Waals surface area contributed by atoms with Gasteiger partial charge in [0.1, 0.15) is 17.6 Å². The van der Waals surface area contributed by atoms with E-state index in [1.807, 2.05) is 48.5 Å². The van der Waals surface area contributed by atoms with E-state index in [0.717, 1.165) is 36.8 Å². The number of carbonyl (C=O) groups excluding carboxylic acids is 3. The second-order valence-corrected chi connectivity index (χ2v) is 10.5. The van der Waals surface area contributed by atoms with Crippen LogP contribution in [0, 0.1) is 0 Å². The van der Waals surface area contributed by atoms with Crippen molar-refractivity contribution in [2.24, 2.45) is 9.98 Å². The molecule has 1 aliphatic carbocycles. The molecule has 2 heterocycles. The Morgan fingerprint density at radius 2 is 1.82 bits per heavy atom. The van der Waals surface area contributed by atoms with E-state index in [2.05, 4.69) is 20.6 Å². The van der Waals surface area contributed by atoms with Crippen molar-refractivity contribution in [1.82, 2.24) is 15.5 Å². The van der Waals surface area contributed by atoms with Crippen molar-refractivity contribution >= 4 is 46.2 Å². The van der Waals surface area contributed by atoms with Crippen molar-refractivity contribution < 1.29 is 19.1 Å². The minimum atomic E-state index is -0.865. The van der Waals surface area contributed by atoms with Crippen LogP contribution in [0.3, 0.4) is 0 Å². The fourth-order valence-electron chi connectivity index (χ4n) is 4.97. The number of para-hydroxylation sites is 2. The number of hydrogen-bond donors (Lipinski definition) is 2. The van der Waals surface area contributed by atoms with Crippen LogP contribution in [0.4, 0.5) is 5.69 Å². The lowest BCUT2D eigenvalue weighted by Crippen LogP contribution is -2.43. The highest BCUT2D eigenvalue weighted by Gasteiger charge is 2.42. The van der Waals surface area contributed by atoms with Gasteiger partial charge in [-0.15, -0.1) is 0 Å². The van der Waals surface area contributed by atoms with Crippen molar-refractivity contribution in [2.45, 2.75) is 57.2 Å². The van der Waals surface area contributed by atoms with E-state index in [1.165, 1.54) is 23.1 Å². The lowest BCUT2D eigenvalue weighted by Gasteiger charge is -2.26. The zero-order valence-electron chi connectivity index (χ0n) is 21.3. The summed E-state index contributed by atoms with van der Waals surface area (Å²) in [5, 5.41) is 6.38. The van der Waals surface area contributed by atoms with Crippen molar-refractivity contribution in [3.8, 4) is 5.75 Å². The third kappa shape index (κ3) is 5.75. The van der Waals surface area contributed by atoms with Crippen molar-refractivity contribution in [2.75, 3.05) is 12.9 Å². The van der Waals surface area contributed by atoms with Gasteiger partial charge in [0.2, 0.25) is 11.8 Å². The summed E-state index contributed by atoms with van der Waals surface area (Å²) in [6.07, 6.45) is 5.42. The second-order valence-electron chi connectivity index (χ2n) is 9.54. The summed E-state index contributed by atoms with van der Waals surface area (Å²) in [5.74, 6) is 0.632. The van der Waals surface area contributed by atoms with E-state index in [0.29, 0.717) is 22.4 Å². The summed E-state index contributed by atoms with van der Waals surface area (Å²) in [6.45, 7) is 0.283. The standard InChI is InChI=1S/C28H31N5O4S/c1-37-23-14-8-5-9-18(23)16-29-24(34)15-22-27(36)33-26(31-22)20-12-6-7-13-21(20)32-28(33)38-17-25(35)30-19-10-3-2-4-11-19/h5-9,12-14,19,22H,2-4,10-11,15-17H2,1H3,(H,29,34)(H,30,35). The molecular weight excluding hydrogens is 502 g/mol. The number of thioether (sulfide) groups is 1. The quantitative estimate of drug-likeness (QED) is 0.539. The average molecular weight is 534 g/mol. The zero-order valence-corrected chi connectivity index (χ0v) is 22.1. The maximum atomic E-state index is 13.4. The average Bonchev–Trinajstić information content (AvgIpc) is 3.27. The molecule has 1 fully saturated rings. The molecule has 10 heteroatoms. The lowest BCUT2D eigenvalue weighted by molar-refractivity contribution is -0.128. The summed E-state index contributed by atoms with van der Waals surface area (Å²) in [6, 6.07) is 14.3. The van der Waals surface area contributed by atoms with Crippen LogP contribution in [0.2, 0.25) is 0 Å². The number of aliphatic imine (C=N–C) groups is 2. The first-order valence-electron chi connectivity index (χ1n) is 12.9. The van der Waals surface area contributed by atoms with Gasteiger partial charge in [0.25, 0.3) is 5.91 Å². The van der Waals surface area contributed by atoms with Crippen molar-refractivity contribution in [3.63, 3.8) is 0 Å². The van der Waals surface area contributed by atoms with E-state index in [9.17, 15) is 14.4 Å². The fraction of sp³-hybridized carbons (Fsp3) is 0.393. The molecule has 0 aromatic heterocycles. The Balaban J connectivity index is 1.26. The zero-order chi connectivity index (χ0) is 26.5. The van der Waals surface area contributed by atoms with Gasteiger partial charge in [-0.1, -0.05) is 61.4 Å². The van der Waals surface area contributed by atoms with Gasteiger partial charge in [0.15, 0.2) is 5.17 Å². The third-order valence-corrected chi connectivity index (χ3v) is 7.84. The largest absolute Gasteiger partial charge is 0.496 e. The van der Waals surface area contributed by atoms with Crippen molar-refractivity contribution in [1.29, 1.82) is 0 Å². The minimum absolute atomic E-state index is 0.0686. The Hall–Kier alpha value is -3.66. The first-order chi connectivity index (χ1) is 18.5. The predicted molar refractivity (Wildman–Crippen MR) is 148 cm³/mol. The predicted octanol–water partition coefficient (Wildman–Crippen LogP) is 3.54. The number of carbonyl (C=O) groups is 3. The number of ether oxygens (including phenoxy) is 1. The number of hydrogen-bond acceptors (Lipinski definition) is 7. The highest BCUT2D eigenvalue weighted by molar-refractivity contribution is 8.14. The van der Waals surface area contributed by atoms with E-state index in [-0.39, 0.29) is 42.5 Å². The number of nitrogens with zero attached hydrogens (tertiary/aromatic N) is 3. The number of amidine groups is 2. The molecule has 0 saturated heterocycles. The molecule has 3 aliphatic rings. The molecule has 5 rings (SSSR count). The monoisotopic (exact) mass is 533 g/mol. The van der Waals surface area contributed by atoms with E-state index < -0.39 is 6.04 Å². The number of fused-ring (bicyclic) bond motifs is 3. The Bertz CT molecular complexity index is 1290. The molecule has 2 aromatic rings. The van der Waals surface area contributed by atoms with Crippen LogP contribution in [-0.4, -0.2) is 58.6 Å². The molecule has 1 unspecified atom stereocenters. The Morgan fingerprint density at radius 3 is 2.63 bits per heavy atom. The lowest BCUT2D eigenvalue weighted by atomic mass is 9.95. The van der Waals surface area contributed by atoms with Crippen LogP contribution in [0.25, 0.3) is 0 Å². The Kier molecular flexibility index (Phi) is 8.07. The Labute approximate surface area is 226 Å². The molecule has 0 bridgehead atoms. The van der Waals surface area contributed by atoms with Gasteiger partial charge in [-0.25, -0.2) is 9.89 Å². The summed E-state index contributed by atoms with van der Waals surface area (Å²) >= 11 is 1.22. The molecule has 0 spiro atoms. The molecule has 38 heavy (non-hydrogen) atoms. The second kappa shape index (κ2) is 11.8. The molecule has 1 atom stereocenters. The van der Waals surface area contributed by atoms with Gasteiger partial charge in [-0.3, -0.25) is 19.4 Å². The number of methoxy groups -OCH3 is 1. The fourth-order valence-corrected chi connectivity index (χ4v) is 5.78. The van der Waals surface area contributed by atoms with E-state index in [4.69, 9.17) is 4.74 Å². The van der Waals surface area contributed by atoms with Crippen molar-refractivity contribution in [3.05, 3.63) is 59.7 Å². The first kappa shape index (κ1) is 26.0. The summed E-state index contributed by atoms with van der Waals surface area (Å²) in [5.41, 5.74) is 2.26. The van der Waals surface area contributed by atoms with E-state index in [1.54, 1.807) is 7.11 Å². The SMILES string of the molecule is COc1ccccc1CNC(=O)CC1N=C2c3ccccc3N=C(SCC(=O)NC3CCCCC3)N2C1=O. The third-order valence-electron chi connectivity index (χ3n) is 6.90. The van der Waals surface area contributed by atoms with Gasteiger partial charge in [-0.05, 0) is 31.0 Å². The molecule has 2 aromatic carbocycles. The minimum Gasteiger partial charge on any atom is -0.496 e. The smallest absolute Gasteiger partial charge is 0.259 e. The van der Waals surface area contributed by atoms with Crippen LogP contribution in [-0.2, 0) is 20.9 Å². The number of nitrogens with one attached hydrogen (secondary N) is 2. The number of benzene rings is 2. The molecule has 0 radical (unpaired) electrons. The summed E-state index contributed by atoms with van der Waals surface area (Å²) in [4.78, 5) is 49.6. The number of amides is 3. The van der Waals surface area contributed by atoms with Gasteiger partial charge in [0, 0.05) is 23.7 Å². The maximum absolute atomic E-state index is 13.4. The molecule has 3 amide bonds. The van der Waals surface area contributed by atoms with Gasteiger partial charge in [-0.2, -0.15) is 0 Å². The molecule has 2 N–H and O–H groups in total. The van der Waals surface area contributed by atoms with Gasteiger partial charge in [0.05, 0.1) is 25.0 Å². The van der Waals surface area contributed by atoms with Crippen LogP contribution in [0.15, 0.2) is 58.5 Å². The topological polar surface area (TPSA) is 112 Å². The van der Waals surface area contributed by atoms with Gasteiger partial charge < -0.3 is 15.4 Å².